The van der Waals surface area contributed by atoms with Gasteiger partial charge in [-0.05, 0) is 63.2 Å². The van der Waals surface area contributed by atoms with Crippen molar-refractivity contribution in [3.63, 3.8) is 0 Å². The van der Waals surface area contributed by atoms with Gasteiger partial charge in [0.1, 0.15) is 11.9 Å². The summed E-state index contributed by atoms with van der Waals surface area (Å²) in [7, 11) is -1.46. The van der Waals surface area contributed by atoms with Gasteiger partial charge in [0.25, 0.3) is 10.0 Å². The number of nitrogens with one attached hydrogen (secondary N) is 1. The molecule has 5 nitrogen and oxygen atoms in total. The molecule has 6 heteroatoms. The third-order valence-electron chi connectivity index (χ3n) is 4.41. The molecule has 3 rings (SSSR count). The number of benzene rings is 2. The second kappa shape index (κ2) is 7.45. The van der Waals surface area contributed by atoms with Gasteiger partial charge in [0, 0.05) is 18.8 Å². The normalized spacial score (nSPS) is 16.6. The minimum atomic E-state index is -3.57. The molecule has 0 atom stereocenters. The first-order chi connectivity index (χ1) is 11.9. The van der Waals surface area contributed by atoms with Crippen molar-refractivity contribution in [1.29, 1.82) is 0 Å². The Balaban J connectivity index is 1.63. The van der Waals surface area contributed by atoms with Crippen LogP contribution in [-0.4, -0.2) is 39.6 Å². The number of hydrogen-bond donors (Lipinski definition) is 1. The maximum Gasteiger partial charge on any atom is 0.261 e. The third-order valence-corrected chi connectivity index (χ3v) is 5.80. The van der Waals surface area contributed by atoms with E-state index in [0.29, 0.717) is 5.69 Å². The van der Waals surface area contributed by atoms with Gasteiger partial charge in [-0.15, -0.1) is 0 Å². The van der Waals surface area contributed by atoms with Crippen LogP contribution in [0.4, 0.5) is 5.69 Å². The van der Waals surface area contributed by atoms with Crippen LogP contribution in [0.25, 0.3) is 0 Å². The number of likely N-dealkylation sites (tertiary alicyclic amines) is 1. The summed E-state index contributed by atoms with van der Waals surface area (Å²) in [5, 5.41) is 0. The van der Waals surface area contributed by atoms with Gasteiger partial charge in [-0.2, -0.15) is 0 Å². The van der Waals surface area contributed by atoms with Gasteiger partial charge < -0.3 is 9.64 Å². The SMILES string of the molecule is Cc1ccc(S(=O)(=O)Nc2ccc(OC3CCN(C)CC3)cc2)cc1. The number of anilines is 1. The number of aryl methyl sites for hydroxylation is 1. The van der Waals surface area contributed by atoms with Crippen molar-refractivity contribution in [3.05, 3.63) is 54.1 Å². The molecule has 134 valence electrons. The molecule has 2 aromatic rings. The van der Waals surface area contributed by atoms with Gasteiger partial charge in [0.15, 0.2) is 0 Å². The Bertz CT molecular complexity index is 794. The number of nitrogens with zero attached hydrogens (tertiary/aromatic N) is 1. The zero-order valence-electron chi connectivity index (χ0n) is 14.6. The van der Waals surface area contributed by atoms with Crippen LogP contribution in [0.3, 0.4) is 0 Å². The Hall–Kier alpha value is -2.05. The Morgan fingerprint density at radius 1 is 1.00 bits per heavy atom. The van der Waals surface area contributed by atoms with Gasteiger partial charge in [-0.3, -0.25) is 4.72 Å². The number of piperidine rings is 1. The standard InChI is InChI=1S/C19H24N2O3S/c1-15-3-9-19(10-4-15)25(22,23)20-16-5-7-17(8-6-16)24-18-11-13-21(2)14-12-18/h3-10,18,20H,11-14H2,1-2H3. The van der Waals surface area contributed by atoms with Gasteiger partial charge in [0.2, 0.25) is 0 Å². The fourth-order valence-corrected chi connectivity index (χ4v) is 3.89. The summed E-state index contributed by atoms with van der Waals surface area (Å²) >= 11 is 0. The Labute approximate surface area is 149 Å². The molecule has 0 bridgehead atoms. The summed E-state index contributed by atoms with van der Waals surface area (Å²) in [6.07, 6.45) is 2.25. The molecule has 0 radical (unpaired) electrons. The zero-order valence-corrected chi connectivity index (χ0v) is 15.4. The minimum Gasteiger partial charge on any atom is -0.490 e. The van der Waals surface area contributed by atoms with Gasteiger partial charge >= 0.3 is 0 Å². The highest BCUT2D eigenvalue weighted by molar-refractivity contribution is 7.92. The summed E-state index contributed by atoms with van der Waals surface area (Å²) in [6, 6.07) is 13.9. The number of rotatable bonds is 5. The molecule has 1 fully saturated rings. The fourth-order valence-electron chi connectivity index (χ4n) is 2.83. The van der Waals surface area contributed by atoms with Crippen LogP contribution in [0.5, 0.6) is 5.75 Å². The molecule has 2 aromatic carbocycles. The smallest absolute Gasteiger partial charge is 0.261 e. The van der Waals surface area contributed by atoms with Crippen molar-refractivity contribution in [2.75, 3.05) is 24.9 Å². The van der Waals surface area contributed by atoms with Crippen molar-refractivity contribution >= 4 is 15.7 Å². The van der Waals surface area contributed by atoms with E-state index in [-0.39, 0.29) is 11.0 Å². The predicted octanol–water partition coefficient (Wildman–Crippen LogP) is 3.27. The maximum atomic E-state index is 12.4. The van der Waals surface area contributed by atoms with Crippen LogP contribution in [0.15, 0.2) is 53.4 Å². The van der Waals surface area contributed by atoms with E-state index < -0.39 is 10.0 Å². The van der Waals surface area contributed by atoms with Gasteiger partial charge in [-0.1, -0.05) is 17.7 Å². The maximum absolute atomic E-state index is 12.4. The van der Waals surface area contributed by atoms with Crippen molar-refractivity contribution in [3.8, 4) is 5.75 Å². The summed E-state index contributed by atoms with van der Waals surface area (Å²) in [6.45, 7) is 4.01. The molecule has 0 aliphatic carbocycles. The molecule has 1 N–H and O–H groups in total. The van der Waals surface area contributed by atoms with Crippen LogP contribution in [0, 0.1) is 6.92 Å². The highest BCUT2D eigenvalue weighted by Crippen LogP contribution is 2.22. The monoisotopic (exact) mass is 360 g/mol. The average Bonchev–Trinajstić information content (AvgIpc) is 2.59. The number of ether oxygens (including phenoxy) is 1. The Kier molecular flexibility index (Phi) is 5.30. The van der Waals surface area contributed by atoms with Gasteiger partial charge in [0.05, 0.1) is 4.90 Å². The molecule has 0 spiro atoms. The molecule has 25 heavy (non-hydrogen) atoms. The van der Waals surface area contributed by atoms with Crippen molar-refractivity contribution in [2.24, 2.45) is 0 Å². The van der Waals surface area contributed by atoms with E-state index in [9.17, 15) is 8.42 Å². The second-order valence-electron chi connectivity index (χ2n) is 6.56. The first-order valence-corrected chi connectivity index (χ1v) is 9.95. The number of sulfonamides is 1. The van der Waals surface area contributed by atoms with Crippen LogP contribution >= 0.6 is 0 Å². The average molecular weight is 360 g/mol. The third kappa shape index (κ3) is 4.74. The van der Waals surface area contributed by atoms with Gasteiger partial charge in [-0.25, -0.2) is 8.42 Å². The van der Waals surface area contributed by atoms with Crippen LogP contribution in [-0.2, 0) is 10.0 Å². The molecule has 1 saturated heterocycles. The van der Waals surface area contributed by atoms with E-state index in [4.69, 9.17) is 4.74 Å². The van der Waals surface area contributed by atoms with E-state index in [0.717, 1.165) is 37.2 Å². The van der Waals surface area contributed by atoms with Crippen LogP contribution in [0.1, 0.15) is 18.4 Å². The molecule has 0 unspecified atom stereocenters. The van der Waals surface area contributed by atoms with E-state index in [2.05, 4.69) is 16.7 Å². The molecular formula is C19H24N2O3S. The van der Waals surface area contributed by atoms with E-state index in [1.807, 2.05) is 19.1 Å². The topological polar surface area (TPSA) is 58.6 Å². The lowest BCUT2D eigenvalue weighted by Crippen LogP contribution is -2.35. The zero-order chi connectivity index (χ0) is 17.9. The van der Waals surface area contributed by atoms with Crippen molar-refractivity contribution in [2.45, 2.75) is 30.8 Å². The first-order valence-electron chi connectivity index (χ1n) is 8.47. The highest BCUT2D eigenvalue weighted by Gasteiger charge is 2.18. The lowest BCUT2D eigenvalue weighted by atomic mass is 10.1. The number of hydrogen-bond acceptors (Lipinski definition) is 4. The second-order valence-corrected chi connectivity index (χ2v) is 8.25. The van der Waals surface area contributed by atoms with Crippen LogP contribution < -0.4 is 9.46 Å². The largest absolute Gasteiger partial charge is 0.490 e. The molecule has 1 heterocycles. The lowest BCUT2D eigenvalue weighted by Gasteiger charge is -2.29. The van der Waals surface area contributed by atoms with Crippen molar-refractivity contribution in [1.82, 2.24) is 4.90 Å². The molecule has 0 aromatic heterocycles. The lowest BCUT2D eigenvalue weighted by molar-refractivity contribution is 0.114. The summed E-state index contributed by atoms with van der Waals surface area (Å²) < 4.78 is 33.4. The molecular weight excluding hydrogens is 336 g/mol. The Morgan fingerprint density at radius 3 is 2.20 bits per heavy atom. The fraction of sp³-hybridized carbons (Fsp3) is 0.368. The predicted molar refractivity (Wildman–Crippen MR) is 99.6 cm³/mol. The molecule has 1 aliphatic heterocycles. The van der Waals surface area contributed by atoms with E-state index in [1.54, 1.807) is 36.4 Å². The van der Waals surface area contributed by atoms with Crippen LogP contribution in [0.2, 0.25) is 0 Å². The Morgan fingerprint density at radius 2 is 1.60 bits per heavy atom. The molecule has 0 saturated carbocycles. The first kappa shape index (κ1) is 17.8. The summed E-state index contributed by atoms with van der Waals surface area (Å²) in [5.74, 6) is 0.771. The summed E-state index contributed by atoms with van der Waals surface area (Å²) in [4.78, 5) is 2.55. The highest BCUT2D eigenvalue weighted by atomic mass is 32.2. The molecule has 1 aliphatic rings. The minimum absolute atomic E-state index is 0.228. The summed E-state index contributed by atoms with van der Waals surface area (Å²) in [5.41, 5.74) is 1.55. The van der Waals surface area contributed by atoms with E-state index in [1.165, 1.54) is 0 Å². The van der Waals surface area contributed by atoms with Crippen molar-refractivity contribution < 1.29 is 13.2 Å². The molecule has 0 amide bonds. The quantitative estimate of drug-likeness (QED) is 0.889. The van der Waals surface area contributed by atoms with E-state index >= 15 is 0 Å².